The van der Waals surface area contributed by atoms with Crippen molar-refractivity contribution in [2.24, 2.45) is 5.84 Å². The fourth-order valence-corrected chi connectivity index (χ4v) is 1.48. The Morgan fingerprint density at radius 2 is 1.67 bits per heavy atom. The lowest BCUT2D eigenvalue weighted by Crippen LogP contribution is -2.42. The van der Waals surface area contributed by atoms with Gasteiger partial charge in [0.25, 0.3) is 5.91 Å². The average molecular weight is 206 g/mol. The Hall–Kier alpha value is -1.35. The molecule has 15 heavy (non-hydrogen) atoms. The number of nitrogens with zero attached hydrogens (tertiary/aromatic N) is 1. The molecule has 0 spiro atoms. The topological polar surface area (TPSA) is 46.3 Å². The van der Waals surface area contributed by atoms with Crippen molar-refractivity contribution in [3.8, 4) is 0 Å². The molecule has 1 amide bonds. The van der Waals surface area contributed by atoms with Crippen molar-refractivity contribution in [3.63, 3.8) is 0 Å². The van der Waals surface area contributed by atoms with Crippen LogP contribution in [-0.4, -0.2) is 17.0 Å². The quantitative estimate of drug-likeness (QED) is 0.457. The molecule has 0 fully saturated rings. The van der Waals surface area contributed by atoms with Crippen molar-refractivity contribution in [2.45, 2.75) is 33.7 Å². The first kappa shape index (κ1) is 11.7. The Morgan fingerprint density at radius 1 is 1.20 bits per heavy atom. The third-order valence-corrected chi connectivity index (χ3v) is 2.26. The fraction of sp³-hybridized carbons (Fsp3) is 0.417. The van der Waals surface area contributed by atoms with Gasteiger partial charge >= 0.3 is 0 Å². The van der Waals surface area contributed by atoms with Crippen LogP contribution in [-0.2, 0) is 0 Å². The summed E-state index contributed by atoms with van der Waals surface area (Å²) in [5.74, 6) is 5.55. The lowest BCUT2D eigenvalue weighted by molar-refractivity contribution is 0.0705. The zero-order chi connectivity index (χ0) is 11.6. The van der Waals surface area contributed by atoms with Crippen molar-refractivity contribution in [1.29, 1.82) is 0 Å². The van der Waals surface area contributed by atoms with E-state index in [0.717, 1.165) is 11.1 Å². The Bertz CT molecular complexity index is 352. The van der Waals surface area contributed by atoms with E-state index in [2.05, 4.69) is 0 Å². The van der Waals surface area contributed by atoms with Crippen LogP contribution in [0.4, 0.5) is 0 Å². The minimum Gasteiger partial charge on any atom is -0.274 e. The summed E-state index contributed by atoms with van der Waals surface area (Å²) in [5, 5.41) is 1.26. The molecule has 3 nitrogen and oxygen atoms in total. The maximum absolute atomic E-state index is 11.9. The van der Waals surface area contributed by atoms with Crippen molar-refractivity contribution in [3.05, 3.63) is 34.9 Å². The summed E-state index contributed by atoms with van der Waals surface area (Å²) in [6.45, 7) is 7.72. The number of nitrogens with two attached hydrogens (primary N) is 1. The smallest absolute Gasteiger partial charge is 0.268 e. The molecule has 0 bridgehead atoms. The number of benzene rings is 1. The van der Waals surface area contributed by atoms with Gasteiger partial charge in [0.15, 0.2) is 0 Å². The lowest BCUT2D eigenvalue weighted by Gasteiger charge is -2.21. The van der Waals surface area contributed by atoms with Gasteiger partial charge in [-0.05, 0) is 39.8 Å². The third kappa shape index (κ3) is 2.80. The first-order chi connectivity index (χ1) is 6.91. The lowest BCUT2D eigenvalue weighted by atomic mass is 10.1. The molecule has 0 heterocycles. The molecule has 0 unspecified atom stereocenters. The van der Waals surface area contributed by atoms with E-state index in [1.54, 1.807) is 0 Å². The summed E-state index contributed by atoms with van der Waals surface area (Å²) in [4.78, 5) is 11.9. The van der Waals surface area contributed by atoms with Crippen LogP contribution in [0.1, 0.15) is 35.3 Å². The molecular weight excluding hydrogens is 188 g/mol. The molecule has 0 aromatic heterocycles. The minimum atomic E-state index is -0.128. The van der Waals surface area contributed by atoms with E-state index in [9.17, 15) is 4.79 Å². The number of hydrazine groups is 1. The highest BCUT2D eigenvalue weighted by Gasteiger charge is 2.15. The molecule has 1 aromatic rings. The van der Waals surface area contributed by atoms with Gasteiger partial charge in [0.05, 0.1) is 0 Å². The van der Waals surface area contributed by atoms with Crippen molar-refractivity contribution in [2.75, 3.05) is 0 Å². The number of carbonyl (C=O) groups is 1. The largest absolute Gasteiger partial charge is 0.274 e. The number of rotatable bonds is 2. The molecule has 0 saturated heterocycles. The molecule has 0 aliphatic rings. The molecule has 2 N–H and O–H groups in total. The fourth-order valence-electron chi connectivity index (χ4n) is 1.48. The van der Waals surface area contributed by atoms with Gasteiger partial charge in [0, 0.05) is 11.6 Å². The molecule has 3 heteroatoms. The van der Waals surface area contributed by atoms with Crippen LogP contribution in [0.2, 0.25) is 0 Å². The van der Waals surface area contributed by atoms with Gasteiger partial charge in [-0.1, -0.05) is 17.2 Å². The van der Waals surface area contributed by atoms with Crippen LogP contribution < -0.4 is 5.84 Å². The average Bonchev–Trinajstić information content (AvgIpc) is 2.13. The Labute approximate surface area is 90.9 Å². The number of hydrogen-bond acceptors (Lipinski definition) is 2. The Balaban J connectivity index is 3.01. The highest BCUT2D eigenvalue weighted by atomic mass is 16.2. The first-order valence-corrected chi connectivity index (χ1v) is 5.08. The second kappa shape index (κ2) is 4.45. The van der Waals surface area contributed by atoms with E-state index < -0.39 is 0 Å². The van der Waals surface area contributed by atoms with E-state index in [1.165, 1.54) is 5.01 Å². The molecular formula is C12H18N2O. The minimum absolute atomic E-state index is 0.0123. The molecule has 0 radical (unpaired) electrons. The monoisotopic (exact) mass is 206 g/mol. The van der Waals surface area contributed by atoms with Crippen LogP contribution in [0, 0.1) is 13.8 Å². The number of hydrogen-bond donors (Lipinski definition) is 1. The summed E-state index contributed by atoms with van der Waals surface area (Å²) >= 11 is 0. The van der Waals surface area contributed by atoms with E-state index in [1.807, 2.05) is 45.9 Å². The summed E-state index contributed by atoms with van der Waals surface area (Å²) in [7, 11) is 0. The van der Waals surface area contributed by atoms with Gasteiger partial charge in [-0.15, -0.1) is 0 Å². The summed E-state index contributed by atoms with van der Waals surface area (Å²) in [6, 6.07) is 5.76. The third-order valence-electron chi connectivity index (χ3n) is 2.26. The molecule has 0 aliphatic heterocycles. The van der Waals surface area contributed by atoms with Crippen LogP contribution in [0.15, 0.2) is 18.2 Å². The molecule has 1 aromatic carbocycles. The highest BCUT2D eigenvalue weighted by molar-refractivity contribution is 5.94. The normalized spacial score (nSPS) is 10.5. The predicted octanol–water partition coefficient (Wildman–Crippen LogP) is 2.03. The molecule has 0 saturated carbocycles. The zero-order valence-corrected chi connectivity index (χ0v) is 9.74. The Kier molecular flexibility index (Phi) is 3.48. The van der Waals surface area contributed by atoms with Gasteiger partial charge < -0.3 is 0 Å². The zero-order valence-electron chi connectivity index (χ0n) is 9.74. The van der Waals surface area contributed by atoms with Gasteiger partial charge in [-0.2, -0.15) is 0 Å². The molecule has 82 valence electrons. The summed E-state index contributed by atoms with van der Waals surface area (Å²) in [5.41, 5.74) is 2.81. The molecule has 0 atom stereocenters. The SMILES string of the molecule is Cc1cc(C)cc(C(=O)N(N)C(C)C)c1. The second-order valence-corrected chi connectivity index (χ2v) is 4.18. The predicted molar refractivity (Wildman–Crippen MR) is 61.4 cm³/mol. The second-order valence-electron chi connectivity index (χ2n) is 4.18. The van der Waals surface area contributed by atoms with Crippen molar-refractivity contribution >= 4 is 5.91 Å². The first-order valence-electron chi connectivity index (χ1n) is 5.08. The van der Waals surface area contributed by atoms with Crippen LogP contribution >= 0.6 is 0 Å². The number of carbonyl (C=O) groups excluding carboxylic acids is 1. The van der Waals surface area contributed by atoms with E-state index in [4.69, 9.17) is 5.84 Å². The van der Waals surface area contributed by atoms with Gasteiger partial charge in [-0.3, -0.25) is 9.80 Å². The summed E-state index contributed by atoms with van der Waals surface area (Å²) < 4.78 is 0. The van der Waals surface area contributed by atoms with Gasteiger partial charge in [0.1, 0.15) is 0 Å². The van der Waals surface area contributed by atoms with Gasteiger partial charge in [0.2, 0.25) is 0 Å². The highest BCUT2D eigenvalue weighted by Crippen LogP contribution is 2.11. The Morgan fingerprint density at radius 3 is 2.07 bits per heavy atom. The maximum Gasteiger partial charge on any atom is 0.268 e. The maximum atomic E-state index is 11.9. The summed E-state index contributed by atoms with van der Waals surface area (Å²) in [6.07, 6.45) is 0. The van der Waals surface area contributed by atoms with Crippen LogP contribution in [0.5, 0.6) is 0 Å². The van der Waals surface area contributed by atoms with E-state index in [0.29, 0.717) is 5.56 Å². The van der Waals surface area contributed by atoms with Crippen molar-refractivity contribution in [1.82, 2.24) is 5.01 Å². The number of aryl methyl sites for hydroxylation is 2. The van der Waals surface area contributed by atoms with Gasteiger partial charge in [-0.25, -0.2) is 5.84 Å². The van der Waals surface area contributed by atoms with E-state index >= 15 is 0 Å². The molecule has 1 rings (SSSR count). The van der Waals surface area contributed by atoms with Crippen LogP contribution in [0.25, 0.3) is 0 Å². The number of amides is 1. The van der Waals surface area contributed by atoms with Crippen LogP contribution in [0.3, 0.4) is 0 Å². The van der Waals surface area contributed by atoms with Crippen molar-refractivity contribution < 1.29 is 4.79 Å². The van der Waals surface area contributed by atoms with E-state index in [-0.39, 0.29) is 11.9 Å². The standard InChI is InChI=1S/C12H18N2O/c1-8(2)14(13)12(15)11-6-9(3)5-10(4)7-11/h5-8H,13H2,1-4H3. The molecule has 0 aliphatic carbocycles.